The summed E-state index contributed by atoms with van der Waals surface area (Å²) in [5.74, 6) is -0.378. The smallest absolute Gasteiger partial charge is 0.323 e. The summed E-state index contributed by atoms with van der Waals surface area (Å²) in [5, 5.41) is 1.17. The third-order valence-electron chi connectivity index (χ3n) is 3.29. The number of carbonyl (C=O) groups is 1. The molecule has 1 unspecified atom stereocenters. The van der Waals surface area contributed by atoms with Gasteiger partial charge in [-0.1, -0.05) is 18.2 Å². The minimum Gasteiger partial charge on any atom is -0.468 e. The molecule has 1 aromatic carbocycles. The first-order valence-electron chi connectivity index (χ1n) is 5.92. The van der Waals surface area contributed by atoms with Gasteiger partial charge in [-0.05, 0) is 18.6 Å². The predicted molar refractivity (Wildman–Crippen MR) is 71.4 cm³/mol. The van der Waals surface area contributed by atoms with Gasteiger partial charge in [0.25, 0.3) is 0 Å². The van der Waals surface area contributed by atoms with Crippen molar-refractivity contribution in [2.45, 2.75) is 19.4 Å². The maximum absolute atomic E-state index is 11.4. The van der Waals surface area contributed by atoms with Gasteiger partial charge < -0.3 is 15.0 Å². The van der Waals surface area contributed by atoms with E-state index in [9.17, 15) is 4.79 Å². The Morgan fingerprint density at radius 1 is 1.50 bits per heavy atom. The topological polar surface area (TPSA) is 57.2 Å². The number of carbonyl (C=O) groups excluding carboxylic acids is 1. The van der Waals surface area contributed by atoms with Crippen LogP contribution in [0, 0.1) is 6.92 Å². The van der Waals surface area contributed by atoms with E-state index in [0.717, 1.165) is 5.69 Å². The molecular weight excluding hydrogens is 228 g/mol. The average molecular weight is 246 g/mol. The second-order valence-corrected chi connectivity index (χ2v) is 4.54. The van der Waals surface area contributed by atoms with Crippen molar-refractivity contribution in [3.8, 4) is 0 Å². The average Bonchev–Trinajstić information content (AvgIpc) is 2.66. The fraction of sp³-hybridized carbons (Fsp3) is 0.357. The molecule has 2 aromatic rings. The number of aromatic nitrogens is 1. The summed E-state index contributed by atoms with van der Waals surface area (Å²) in [6.07, 6.45) is 0.483. The Labute approximate surface area is 106 Å². The number of methoxy groups -OCH3 is 1. The van der Waals surface area contributed by atoms with E-state index in [-0.39, 0.29) is 5.97 Å². The van der Waals surface area contributed by atoms with Crippen LogP contribution in [0.2, 0.25) is 0 Å². The first-order valence-corrected chi connectivity index (χ1v) is 5.92. The minimum absolute atomic E-state index is 0.378. The van der Waals surface area contributed by atoms with Crippen molar-refractivity contribution >= 4 is 16.9 Å². The van der Waals surface area contributed by atoms with Crippen LogP contribution in [0.1, 0.15) is 11.3 Å². The quantitative estimate of drug-likeness (QED) is 0.836. The number of ether oxygens (including phenoxy) is 1. The van der Waals surface area contributed by atoms with Crippen LogP contribution in [-0.4, -0.2) is 23.7 Å². The molecule has 1 atom stereocenters. The summed E-state index contributed by atoms with van der Waals surface area (Å²) < 4.78 is 6.74. The molecule has 4 heteroatoms. The van der Waals surface area contributed by atoms with E-state index in [4.69, 9.17) is 5.73 Å². The van der Waals surface area contributed by atoms with Crippen molar-refractivity contribution in [2.24, 2.45) is 12.8 Å². The summed E-state index contributed by atoms with van der Waals surface area (Å²) in [5.41, 5.74) is 9.24. The van der Waals surface area contributed by atoms with Crippen LogP contribution in [0.25, 0.3) is 10.9 Å². The number of nitrogens with zero attached hydrogens (tertiary/aromatic N) is 1. The SMILES string of the molecule is COC(=O)C(N)Cc1cc2cccc(C)c2n1C. The fourth-order valence-corrected chi connectivity index (χ4v) is 2.33. The summed E-state index contributed by atoms with van der Waals surface area (Å²) in [7, 11) is 3.35. The van der Waals surface area contributed by atoms with E-state index < -0.39 is 6.04 Å². The third kappa shape index (κ3) is 2.11. The van der Waals surface area contributed by atoms with Crippen LogP contribution in [-0.2, 0) is 23.0 Å². The molecule has 0 spiro atoms. The second-order valence-electron chi connectivity index (χ2n) is 4.54. The largest absolute Gasteiger partial charge is 0.468 e. The predicted octanol–water partition coefficient (Wildman–Crippen LogP) is 1.53. The Morgan fingerprint density at radius 2 is 2.22 bits per heavy atom. The lowest BCUT2D eigenvalue weighted by Gasteiger charge is -2.10. The highest BCUT2D eigenvalue weighted by atomic mass is 16.5. The molecule has 0 aliphatic carbocycles. The Hall–Kier alpha value is -1.81. The summed E-state index contributed by atoms with van der Waals surface area (Å²) >= 11 is 0. The lowest BCUT2D eigenvalue weighted by Crippen LogP contribution is -2.34. The zero-order chi connectivity index (χ0) is 13.3. The van der Waals surface area contributed by atoms with Gasteiger partial charge in [-0.15, -0.1) is 0 Å². The molecule has 0 bridgehead atoms. The Kier molecular flexibility index (Phi) is 3.39. The summed E-state index contributed by atoms with van der Waals surface area (Å²) in [6, 6.07) is 7.63. The van der Waals surface area contributed by atoms with Gasteiger partial charge >= 0.3 is 5.97 Å². The number of para-hydroxylation sites is 1. The molecular formula is C14H18N2O2. The second kappa shape index (κ2) is 4.82. The number of hydrogen-bond donors (Lipinski definition) is 1. The van der Waals surface area contributed by atoms with Crippen LogP contribution in [0.3, 0.4) is 0 Å². The normalized spacial score (nSPS) is 12.7. The van der Waals surface area contributed by atoms with Crippen molar-refractivity contribution in [1.82, 2.24) is 4.57 Å². The van der Waals surface area contributed by atoms with Crippen LogP contribution < -0.4 is 5.73 Å². The highest BCUT2D eigenvalue weighted by molar-refractivity contribution is 5.84. The van der Waals surface area contributed by atoms with Crippen LogP contribution in [0.4, 0.5) is 0 Å². The molecule has 1 heterocycles. The highest BCUT2D eigenvalue weighted by Crippen LogP contribution is 2.22. The van der Waals surface area contributed by atoms with Gasteiger partial charge in [0.2, 0.25) is 0 Å². The Bertz CT molecular complexity index is 587. The van der Waals surface area contributed by atoms with Crippen molar-refractivity contribution in [3.05, 3.63) is 35.5 Å². The minimum atomic E-state index is -0.613. The van der Waals surface area contributed by atoms with Crippen molar-refractivity contribution in [3.63, 3.8) is 0 Å². The van der Waals surface area contributed by atoms with Gasteiger partial charge in [0, 0.05) is 24.5 Å². The van der Waals surface area contributed by atoms with E-state index in [2.05, 4.69) is 34.4 Å². The number of nitrogens with two attached hydrogens (primary N) is 1. The number of fused-ring (bicyclic) bond motifs is 1. The Morgan fingerprint density at radius 3 is 2.83 bits per heavy atom. The van der Waals surface area contributed by atoms with E-state index in [0.29, 0.717) is 6.42 Å². The first kappa shape index (κ1) is 12.6. The van der Waals surface area contributed by atoms with Gasteiger partial charge in [0.05, 0.1) is 12.6 Å². The first-order chi connectivity index (χ1) is 8.54. The van der Waals surface area contributed by atoms with Crippen molar-refractivity contribution < 1.29 is 9.53 Å². The molecule has 0 saturated carbocycles. The molecule has 1 aromatic heterocycles. The summed E-state index contributed by atoms with van der Waals surface area (Å²) in [6.45, 7) is 2.08. The van der Waals surface area contributed by atoms with E-state index >= 15 is 0 Å². The lowest BCUT2D eigenvalue weighted by molar-refractivity contribution is -0.142. The maximum atomic E-state index is 11.4. The Balaban J connectivity index is 2.38. The number of aryl methyl sites for hydroxylation is 2. The zero-order valence-electron chi connectivity index (χ0n) is 10.9. The van der Waals surface area contributed by atoms with Gasteiger partial charge in [0.1, 0.15) is 6.04 Å². The lowest BCUT2D eigenvalue weighted by atomic mass is 10.1. The molecule has 0 aliphatic rings. The molecule has 0 aliphatic heterocycles. The van der Waals surface area contributed by atoms with Crippen LogP contribution in [0.5, 0.6) is 0 Å². The summed E-state index contributed by atoms with van der Waals surface area (Å²) in [4.78, 5) is 11.4. The van der Waals surface area contributed by atoms with Gasteiger partial charge in [-0.2, -0.15) is 0 Å². The molecule has 0 saturated heterocycles. The number of benzene rings is 1. The number of rotatable bonds is 3. The molecule has 96 valence electrons. The van der Waals surface area contributed by atoms with Crippen molar-refractivity contribution in [2.75, 3.05) is 7.11 Å². The zero-order valence-corrected chi connectivity index (χ0v) is 10.9. The molecule has 0 radical (unpaired) electrons. The molecule has 2 rings (SSSR count). The van der Waals surface area contributed by atoms with E-state index in [1.807, 2.05) is 13.1 Å². The van der Waals surface area contributed by atoms with E-state index in [1.165, 1.54) is 23.6 Å². The fourth-order valence-electron chi connectivity index (χ4n) is 2.33. The number of hydrogen-bond acceptors (Lipinski definition) is 3. The molecule has 4 nitrogen and oxygen atoms in total. The third-order valence-corrected chi connectivity index (χ3v) is 3.29. The van der Waals surface area contributed by atoms with Crippen LogP contribution >= 0.6 is 0 Å². The monoisotopic (exact) mass is 246 g/mol. The number of esters is 1. The molecule has 0 amide bonds. The molecule has 2 N–H and O–H groups in total. The molecule has 18 heavy (non-hydrogen) atoms. The van der Waals surface area contributed by atoms with E-state index in [1.54, 1.807) is 0 Å². The van der Waals surface area contributed by atoms with Gasteiger partial charge in [-0.3, -0.25) is 4.79 Å². The van der Waals surface area contributed by atoms with Crippen LogP contribution in [0.15, 0.2) is 24.3 Å². The van der Waals surface area contributed by atoms with Gasteiger partial charge in [-0.25, -0.2) is 0 Å². The highest BCUT2D eigenvalue weighted by Gasteiger charge is 2.17. The maximum Gasteiger partial charge on any atom is 0.323 e. The van der Waals surface area contributed by atoms with Gasteiger partial charge in [0.15, 0.2) is 0 Å². The van der Waals surface area contributed by atoms with Crippen molar-refractivity contribution in [1.29, 1.82) is 0 Å². The standard InChI is InChI=1S/C14H18N2O2/c1-9-5-4-6-10-7-11(16(2)13(9)10)8-12(15)14(17)18-3/h4-7,12H,8,15H2,1-3H3. The molecule has 0 fully saturated rings.